The van der Waals surface area contributed by atoms with E-state index in [9.17, 15) is 14.9 Å². The van der Waals surface area contributed by atoms with Gasteiger partial charge in [-0.3, -0.25) is 20.0 Å². The molecule has 2 heterocycles. The van der Waals surface area contributed by atoms with Gasteiger partial charge in [0.25, 0.3) is 11.6 Å². The van der Waals surface area contributed by atoms with Crippen LogP contribution in [0, 0.1) is 10.1 Å². The third-order valence-corrected chi connectivity index (χ3v) is 3.59. The van der Waals surface area contributed by atoms with Gasteiger partial charge in [0.15, 0.2) is 5.69 Å². The summed E-state index contributed by atoms with van der Waals surface area (Å²) in [6, 6.07) is 4.36. The number of hydrogen-bond acceptors (Lipinski definition) is 5. The molecule has 9 heteroatoms. The van der Waals surface area contributed by atoms with Crippen molar-refractivity contribution >= 4 is 34.9 Å². The minimum Gasteiger partial charge on any atom is -0.336 e. The molecule has 1 saturated heterocycles. The van der Waals surface area contributed by atoms with Crippen LogP contribution in [0.1, 0.15) is 16.9 Å². The number of hydrogen-bond donors (Lipinski definition) is 2. The number of non-ortho nitro benzene ring substituents is 1. The number of aromatic nitrogens is 2. The quantitative estimate of drug-likeness (QED) is 0.640. The molecule has 1 aromatic heterocycles. The first-order chi connectivity index (χ1) is 10.2. The molecule has 3 rings (SSSR count). The number of nitro benzene ring substituents is 1. The molecule has 0 spiro atoms. The number of aromatic amines is 1. The van der Waals surface area contributed by atoms with Gasteiger partial charge in [-0.1, -0.05) is 0 Å². The Balaban J connectivity index is 0.00000176. The second kappa shape index (κ2) is 6.71. The predicted octanol–water partition coefficient (Wildman–Crippen LogP) is 1.33. The summed E-state index contributed by atoms with van der Waals surface area (Å²) in [5.74, 6) is -0.189. The molecule has 1 amide bonds. The number of H-pyrrole nitrogens is 1. The molecule has 2 aromatic rings. The lowest BCUT2D eigenvalue weighted by atomic mass is 10.1. The van der Waals surface area contributed by atoms with Gasteiger partial charge in [0.1, 0.15) is 0 Å². The van der Waals surface area contributed by atoms with Gasteiger partial charge in [-0.15, -0.1) is 12.4 Å². The summed E-state index contributed by atoms with van der Waals surface area (Å²) in [6.45, 7) is 2.90. The predicted molar refractivity (Wildman–Crippen MR) is 83.4 cm³/mol. The van der Waals surface area contributed by atoms with Crippen LogP contribution < -0.4 is 5.32 Å². The first kappa shape index (κ1) is 16.2. The number of halogens is 1. The first-order valence-electron chi connectivity index (χ1n) is 6.79. The standard InChI is InChI=1S/C13H15N5O3.ClH/c19-13(17-6-1-4-14-5-7-17)12-10-8-9(18(20)21)2-3-11(10)15-16-12;/h2-3,8,14H,1,4-7H2,(H,15,16);1H. The molecule has 8 nitrogen and oxygen atoms in total. The molecule has 2 N–H and O–H groups in total. The molecule has 118 valence electrons. The summed E-state index contributed by atoms with van der Waals surface area (Å²) in [6.07, 6.45) is 0.883. The van der Waals surface area contributed by atoms with Gasteiger partial charge >= 0.3 is 0 Å². The van der Waals surface area contributed by atoms with Crippen molar-refractivity contribution in [2.24, 2.45) is 0 Å². The van der Waals surface area contributed by atoms with Gasteiger partial charge < -0.3 is 10.2 Å². The van der Waals surface area contributed by atoms with E-state index in [1.54, 1.807) is 11.0 Å². The molecule has 0 aliphatic carbocycles. The van der Waals surface area contributed by atoms with E-state index in [-0.39, 0.29) is 29.7 Å². The van der Waals surface area contributed by atoms with Gasteiger partial charge in [0.2, 0.25) is 0 Å². The van der Waals surface area contributed by atoms with Crippen molar-refractivity contribution in [2.45, 2.75) is 6.42 Å². The van der Waals surface area contributed by atoms with E-state index < -0.39 is 4.92 Å². The van der Waals surface area contributed by atoms with Gasteiger partial charge in [0, 0.05) is 37.2 Å². The maximum absolute atomic E-state index is 12.6. The Morgan fingerprint density at radius 3 is 2.91 bits per heavy atom. The monoisotopic (exact) mass is 325 g/mol. The van der Waals surface area contributed by atoms with Gasteiger partial charge in [-0.25, -0.2) is 0 Å². The second-order valence-electron chi connectivity index (χ2n) is 4.95. The van der Waals surface area contributed by atoms with Crippen molar-refractivity contribution < 1.29 is 9.72 Å². The number of amides is 1. The number of carbonyl (C=O) groups is 1. The zero-order chi connectivity index (χ0) is 14.8. The van der Waals surface area contributed by atoms with E-state index in [1.807, 2.05) is 0 Å². The molecule has 1 aliphatic rings. The van der Waals surface area contributed by atoms with Crippen molar-refractivity contribution in [1.29, 1.82) is 0 Å². The molecular formula is C13H16ClN5O3. The molecule has 1 aromatic carbocycles. The van der Waals surface area contributed by atoms with E-state index in [1.165, 1.54) is 12.1 Å². The molecule has 0 saturated carbocycles. The number of benzene rings is 1. The summed E-state index contributed by atoms with van der Waals surface area (Å²) < 4.78 is 0. The normalized spacial score (nSPS) is 15.2. The average molecular weight is 326 g/mol. The fourth-order valence-corrected chi connectivity index (χ4v) is 2.48. The Morgan fingerprint density at radius 2 is 2.14 bits per heavy atom. The van der Waals surface area contributed by atoms with Crippen molar-refractivity contribution in [3.8, 4) is 0 Å². The highest BCUT2D eigenvalue weighted by Crippen LogP contribution is 2.23. The van der Waals surface area contributed by atoms with Crippen molar-refractivity contribution in [2.75, 3.05) is 26.2 Å². The van der Waals surface area contributed by atoms with Gasteiger partial charge in [0.05, 0.1) is 10.4 Å². The number of nitrogens with one attached hydrogen (secondary N) is 2. The molecule has 0 bridgehead atoms. The number of carbonyl (C=O) groups excluding carboxylic acids is 1. The van der Waals surface area contributed by atoms with Crippen LogP contribution in [0.2, 0.25) is 0 Å². The molecule has 0 atom stereocenters. The SMILES string of the molecule is Cl.O=C(c1n[nH]c2ccc([N+](=O)[O-])cc12)N1CCCNCC1. The zero-order valence-electron chi connectivity index (χ0n) is 11.7. The molecule has 22 heavy (non-hydrogen) atoms. The third-order valence-electron chi connectivity index (χ3n) is 3.59. The minimum absolute atomic E-state index is 0. The second-order valence-corrected chi connectivity index (χ2v) is 4.95. The lowest BCUT2D eigenvalue weighted by Crippen LogP contribution is -2.34. The third kappa shape index (κ3) is 3.02. The topological polar surface area (TPSA) is 104 Å². The molecule has 0 radical (unpaired) electrons. The fourth-order valence-electron chi connectivity index (χ4n) is 2.48. The lowest BCUT2D eigenvalue weighted by Gasteiger charge is -2.18. The largest absolute Gasteiger partial charge is 0.336 e. The van der Waals surface area contributed by atoms with Gasteiger partial charge in [-0.2, -0.15) is 5.10 Å². The van der Waals surface area contributed by atoms with E-state index in [0.29, 0.717) is 24.0 Å². The number of nitrogens with zero attached hydrogens (tertiary/aromatic N) is 3. The van der Waals surface area contributed by atoms with Crippen LogP contribution in [0.4, 0.5) is 5.69 Å². The van der Waals surface area contributed by atoms with E-state index in [0.717, 1.165) is 19.5 Å². The first-order valence-corrected chi connectivity index (χ1v) is 6.79. The molecular weight excluding hydrogens is 310 g/mol. The maximum Gasteiger partial charge on any atom is 0.275 e. The highest BCUT2D eigenvalue weighted by Gasteiger charge is 2.22. The highest BCUT2D eigenvalue weighted by atomic mass is 35.5. The van der Waals surface area contributed by atoms with Crippen LogP contribution in [-0.2, 0) is 0 Å². The number of rotatable bonds is 2. The maximum atomic E-state index is 12.6. The fraction of sp³-hybridized carbons (Fsp3) is 0.385. The van der Waals surface area contributed by atoms with Crippen molar-refractivity contribution in [3.05, 3.63) is 34.0 Å². The summed E-state index contributed by atoms with van der Waals surface area (Å²) in [7, 11) is 0. The zero-order valence-corrected chi connectivity index (χ0v) is 12.6. The average Bonchev–Trinajstić information content (AvgIpc) is 2.71. The molecule has 1 aliphatic heterocycles. The minimum atomic E-state index is -0.476. The Morgan fingerprint density at radius 1 is 1.32 bits per heavy atom. The van der Waals surface area contributed by atoms with Crippen LogP contribution >= 0.6 is 12.4 Å². The Bertz CT molecular complexity index is 694. The van der Waals surface area contributed by atoms with Crippen LogP contribution in [-0.4, -0.2) is 52.1 Å². The van der Waals surface area contributed by atoms with Crippen LogP contribution in [0.25, 0.3) is 10.9 Å². The van der Waals surface area contributed by atoms with Crippen LogP contribution in [0.3, 0.4) is 0 Å². The summed E-state index contributed by atoms with van der Waals surface area (Å²) in [5, 5.41) is 21.4. The Hall–Kier alpha value is -2.19. The highest BCUT2D eigenvalue weighted by molar-refractivity contribution is 6.05. The summed E-state index contributed by atoms with van der Waals surface area (Å²) >= 11 is 0. The van der Waals surface area contributed by atoms with Crippen LogP contribution in [0.5, 0.6) is 0 Å². The number of fused-ring (bicyclic) bond motifs is 1. The summed E-state index contributed by atoms with van der Waals surface area (Å²) in [5.41, 5.74) is 0.822. The molecule has 1 fully saturated rings. The lowest BCUT2D eigenvalue weighted by molar-refractivity contribution is -0.384. The Kier molecular flexibility index (Phi) is 4.94. The van der Waals surface area contributed by atoms with Gasteiger partial charge in [-0.05, 0) is 19.0 Å². The summed E-state index contributed by atoms with van der Waals surface area (Å²) in [4.78, 5) is 24.7. The van der Waals surface area contributed by atoms with Crippen molar-refractivity contribution in [3.63, 3.8) is 0 Å². The van der Waals surface area contributed by atoms with Crippen LogP contribution in [0.15, 0.2) is 18.2 Å². The number of nitro groups is 1. The van der Waals surface area contributed by atoms with E-state index in [4.69, 9.17) is 0 Å². The Labute approximate surface area is 132 Å². The van der Waals surface area contributed by atoms with E-state index >= 15 is 0 Å². The van der Waals surface area contributed by atoms with Crippen molar-refractivity contribution in [1.82, 2.24) is 20.4 Å². The molecule has 0 unspecified atom stereocenters. The smallest absolute Gasteiger partial charge is 0.275 e. The van der Waals surface area contributed by atoms with E-state index in [2.05, 4.69) is 15.5 Å².